The highest BCUT2D eigenvalue weighted by atomic mass is 35.5. The van der Waals surface area contributed by atoms with Crippen LogP contribution in [0.3, 0.4) is 0 Å². The third-order valence-electron chi connectivity index (χ3n) is 5.11. The fraction of sp³-hybridized carbons (Fsp3) is 0.526. The summed E-state index contributed by atoms with van der Waals surface area (Å²) in [5, 5.41) is 7.88. The van der Waals surface area contributed by atoms with Gasteiger partial charge in [0.05, 0.1) is 10.9 Å². The topological polar surface area (TPSA) is 71.6 Å². The average Bonchev–Trinajstić information content (AvgIpc) is 3.11. The van der Waals surface area contributed by atoms with Crippen LogP contribution in [0.25, 0.3) is 15.7 Å². The molecule has 4 rings (SSSR count). The Morgan fingerprint density at radius 2 is 2.17 bits per heavy atom. The van der Waals surface area contributed by atoms with Gasteiger partial charge in [-0.3, -0.25) is 18.9 Å². The number of nitrogens with zero attached hydrogens (tertiary/aromatic N) is 4. The first kappa shape index (κ1) is 21.2. The molecule has 1 unspecified atom stereocenters. The van der Waals surface area contributed by atoms with Gasteiger partial charge in [0.15, 0.2) is 0 Å². The first-order valence-corrected chi connectivity index (χ1v) is 10.8. The Morgan fingerprint density at radius 1 is 1.43 bits per heavy atom. The van der Waals surface area contributed by atoms with E-state index in [1.807, 2.05) is 13.8 Å². The van der Waals surface area contributed by atoms with Gasteiger partial charge in [0.1, 0.15) is 22.7 Å². The monoisotopic (exact) mass is 457 g/mol. The Hall–Kier alpha value is -2.04. The Kier molecular flexibility index (Phi) is 5.36. The molecule has 7 nitrogen and oxygen atoms in total. The molecular formula is C19H22ClF2N5O2S. The molecule has 11 heteroatoms. The van der Waals surface area contributed by atoms with E-state index in [1.165, 1.54) is 16.2 Å². The van der Waals surface area contributed by atoms with E-state index >= 15 is 0 Å². The van der Waals surface area contributed by atoms with Crippen LogP contribution in [-0.2, 0) is 11.3 Å². The quantitative estimate of drug-likeness (QED) is 0.654. The fourth-order valence-electron chi connectivity index (χ4n) is 4.01. The van der Waals surface area contributed by atoms with Gasteiger partial charge in [-0.15, -0.1) is 11.3 Å². The Balaban J connectivity index is 1.65. The second-order valence-electron chi connectivity index (χ2n) is 8.17. The van der Waals surface area contributed by atoms with E-state index in [9.17, 15) is 18.4 Å². The van der Waals surface area contributed by atoms with Crippen molar-refractivity contribution in [2.24, 2.45) is 0 Å². The number of fused-ring (bicyclic) bond motifs is 3. The fourth-order valence-corrected chi connectivity index (χ4v) is 5.23. The second-order valence-corrected chi connectivity index (χ2v) is 9.83. The van der Waals surface area contributed by atoms with Crippen LogP contribution in [0.15, 0.2) is 16.9 Å². The highest BCUT2D eigenvalue weighted by Gasteiger charge is 2.39. The molecule has 3 aromatic rings. The summed E-state index contributed by atoms with van der Waals surface area (Å²) in [5.41, 5.74) is -0.0106. The highest BCUT2D eigenvalue weighted by Crippen LogP contribution is 2.32. The van der Waals surface area contributed by atoms with Crippen molar-refractivity contribution in [1.82, 2.24) is 24.4 Å². The SMILES string of the molecule is CC(C)c1nn(CC(=O)NC2CN(C)CC(F)(F)C2)c(=O)c2cc3cc(Cl)sc3n12. The molecule has 1 fully saturated rings. The summed E-state index contributed by atoms with van der Waals surface area (Å²) in [6.45, 7) is 3.55. The Morgan fingerprint density at radius 3 is 2.83 bits per heavy atom. The number of likely N-dealkylation sites (tertiary alicyclic amines) is 1. The summed E-state index contributed by atoms with van der Waals surface area (Å²) in [4.78, 5) is 27.8. The van der Waals surface area contributed by atoms with Gasteiger partial charge in [-0.1, -0.05) is 25.4 Å². The van der Waals surface area contributed by atoms with E-state index in [1.54, 1.807) is 23.6 Å². The number of carbonyl (C=O) groups excluding carboxylic acids is 1. The van der Waals surface area contributed by atoms with Crippen molar-refractivity contribution in [3.8, 4) is 0 Å². The lowest BCUT2D eigenvalue weighted by molar-refractivity contribution is -0.125. The number of aromatic nitrogens is 3. The number of amides is 1. The number of piperidine rings is 1. The molecule has 0 saturated carbocycles. The number of likely N-dealkylation sites (N-methyl/N-ethyl adjacent to an activating group) is 1. The van der Waals surface area contributed by atoms with Crippen molar-refractivity contribution in [3.63, 3.8) is 0 Å². The summed E-state index contributed by atoms with van der Waals surface area (Å²) in [5.74, 6) is -2.78. The minimum atomic E-state index is -2.86. The van der Waals surface area contributed by atoms with Crippen molar-refractivity contribution < 1.29 is 13.6 Å². The van der Waals surface area contributed by atoms with E-state index in [-0.39, 0.29) is 19.0 Å². The summed E-state index contributed by atoms with van der Waals surface area (Å²) in [6, 6.07) is 2.84. The van der Waals surface area contributed by atoms with Gasteiger partial charge in [0.2, 0.25) is 5.91 Å². The molecule has 0 aliphatic carbocycles. The molecule has 0 bridgehead atoms. The van der Waals surface area contributed by atoms with Crippen molar-refractivity contribution in [1.29, 1.82) is 0 Å². The summed E-state index contributed by atoms with van der Waals surface area (Å²) in [7, 11) is 1.59. The minimum Gasteiger partial charge on any atom is -0.350 e. The lowest BCUT2D eigenvalue weighted by Crippen LogP contribution is -2.54. The van der Waals surface area contributed by atoms with Crippen LogP contribution in [0.4, 0.5) is 8.78 Å². The average molecular weight is 458 g/mol. The Bertz CT molecular complexity index is 1190. The highest BCUT2D eigenvalue weighted by molar-refractivity contribution is 7.22. The zero-order valence-corrected chi connectivity index (χ0v) is 18.4. The van der Waals surface area contributed by atoms with Gasteiger partial charge >= 0.3 is 0 Å². The number of nitrogens with one attached hydrogen (secondary N) is 1. The van der Waals surface area contributed by atoms with Crippen LogP contribution in [0.1, 0.15) is 32.0 Å². The molecule has 0 spiro atoms. The molecule has 1 amide bonds. The maximum Gasteiger partial charge on any atom is 0.291 e. The summed E-state index contributed by atoms with van der Waals surface area (Å²) in [6.07, 6.45) is -0.419. The smallest absolute Gasteiger partial charge is 0.291 e. The zero-order chi connectivity index (χ0) is 21.8. The molecule has 1 aliphatic heterocycles. The number of carbonyl (C=O) groups is 1. The van der Waals surface area contributed by atoms with Crippen LogP contribution in [0, 0.1) is 0 Å². The van der Waals surface area contributed by atoms with Gasteiger partial charge < -0.3 is 5.32 Å². The molecule has 1 atom stereocenters. The molecule has 1 saturated heterocycles. The molecule has 162 valence electrons. The van der Waals surface area contributed by atoms with Crippen LogP contribution in [-0.4, -0.2) is 57.1 Å². The number of rotatable bonds is 4. The normalized spacial score (nSPS) is 19.8. The van der Waals surface area contributed by atoms with E-state index < -0.39 is 29.9 Å². The molecule has 0 radical (unpaired) electrons. The number of alkyl halides is 2. The van der Waals surface area contributed by atoms with Gasteiger partial charge in [-0.05, 0) is 19.2 Å². The molecule has 30 heavy (non-hydrogen) atoms. The predicted molar refractivity (Wildman–Crippen MR) is 113 cm³/mol. The van der Waals surface area contributed by atoms with Gasteiger partial charge in [-0.2, -0.15) is 5.10 Å². The zero-order valence-electron chi connectivity index (χ0n) is 16.8. The maximum absolute atomic E-state index is 13.8. The molecule has 1 aliphatic rings. The lowest BCUT2D eigenvalue weighted by Gasteiger charge is -2.35. The third-order valence-corrected chi connectivity index (χ3v) is 6.37. The van der Waals surface area contributed by atoms with Crippen LogP contribution in [0.2, 0.25) is 4.34 Å². The van der Waals surface area contributed by atoms with E-state index in [0.29, 0.717) is 22.2 Å². The maximum atomic E-state index is 13.8. The van der Waals surface area contributed by atoms with Crippen molar-refractivity contribution in [3.05, 3.63) is 32.6 Å². The van der Waals surface area contributed by atoms with Gasteiger partial charge in [-0.25, -0.2) is 13.5 Å². The lowest BCUT2D eigenvalue weighted by atomic mass is 10.0. The first-order chi connectivity index (χ1) is 14.0. The third kappa shape index (κ3) is 3.95. The first-order valence-electron chi connectivity index (χ1n) is 9.61. The van der Waals surface area contributed by atoms with Gasteiger partial charge in [0, 0.05) is 30.3 Å². The summed E-state index contributed by atoms with van der Waals surface area (Å²) < 4.78 is 31.1. The van der Waals surface area contributed by atoms with E-state index in [4.69, 9.17) is 11.6 Å². The number of hydrogen-bond acceptors (Lipinski definition) is 5. The standard InChI is InChI=1S/C19H22ClF2N5O2S/c1-10(2)16-24-26(8-15(28)23-12-6-19(21,22)9-25(3)7-12)17(29)13-4-11-5-14(20)30-18(11)27(13)16/h4-5,10,12H,6-9H2,1-3H3,(H,23,28). The largest absolute Gasteiger partial charge is 0.350 e. The molecule has 0 aromatic carbocycles. The van der Waals surface area contributed by atoms with E-state index in [0.717, 1.165) is 14.9 Å². The van der Waals surface area contributed by atoms with Crippen molar-refractivity contribution in [2.75, 3.05) is 20.1 Å². The number of hydrogen-bond donors (Lipinski definition) is 1. The molecule has 3 aromatic heterocycles. The van der Waals surface area contributed by atoms with Crippen LogP contribution >= 0.6 is 22.9 Å². The molecule has 1 N–H and O–H groups in total. The molecule has 4 heterocycles. The van der Waals surface area contributed by atoms with E-state index in [2.05, 4.69) is 10.4 Å². The summed E-state index contributed by atoms with van der Waals surface area (Å²) >= 11 is 7.47. The number of halogens is 3. The van der Waals surface area contributed by atoms with Crippen LogP contribution < -0.4 is 10.9 Å². The second kappa shape index (κ2) is 7.58. The van der Waals surface area contributed by atoms with Crippen molar-refractivity contribution >= 4 is 44.6 Å². The van der Waals surface area contributed by atoms with Gasteiger partial charge in [0.25, 0.3) is 11.5 Å². The minimum absolute atomic E-state index is 0.0235. The van der Waals surface area contributed by atoms with Crippen molar-refractivity contribution in [2.45, 2.75) is 44.7 Å². The Labute approximate surface area is 180 Å². The molecular weight excluding hydrogens is 436 g/mol. The predicted octanol–water partition coefficient (Wildman–Crippen LogP) is 2.94. The van der Waals surface area contributed by atoms with Crippen LogP contribution in [0.5, 0.6) is 0 Å². The number of thiophene rings is 1.